The van der Waals surface area contributed by atoms with E-state index in [1.165, 1.54) is 11.8 Å². The lowest BCUT2D eigenvalue weighted by molar-refractivity contribution is -0.120. The van der Waals surface area contributed by atoms with E-state index < -0.39 is 0 Å². The zero-order valence-electron chi connectivity index (χ0n) is 15.5. The summed E-state index contributed by atoms with van der Waals surface area (Å²) in [6, 6.07) is 14.8. The van der Waals surface area contributed by atoms with Crippen LogP contribution in [0.5, 0.6) is 5.75 Å². The molecule has 6 nitrogen and oxygen atoms in total. The van der Waals surface area contributed by atoms with E-state index in [1.54, 1.807) is 7.11 Å². The molecule has 2 aromatic carbocycles. The second kappa shape index (κ2) is 9.61. The molecule has 1 amide bonds. The molecule has 0 radical (unpaired) electrons. The predicted molar refractivity (Wildman–Crippen MR) is 110 cm³/mol. The molecule has 3 rings (SSSR count). The van der Waals surface area contributed by atoms with Gasteiger partial charge in [0.1, 0.15) is 5.75 Å². The van der Waals surface area contributed by atoms with Crippen molar-refractivity contribution in [3.05, 3.63) is 59.4 Å². The maximum Gasteiger partial charge on any atom is 0.246 e. The van der Waals surface area contributed by atoms with Crippen LogP contribution >= 0.6 is 23.4 Å². The third-order valence-corrected chi connectivity index (χ3v) is 5.61. The summed E-state index contributed by atoms with van der Waals surface area (Å²) in [5.74, 6) is 1.50. The molecule has 0 fully saturated rings. The lowest BCUT2D eigenvalue weighted by Gasteiger charge is -2.13. The molecule has 1 heterocycles. The molecule has 1 aromatic heterocycles. The number of carbonyl (C=O) groups excluding carboxylic acids is 1. The number of rotatable bonds is 8. The summed E-state index contributed by atoms with van der Waals surface area (Å²) in [5.41, 5.74) is 0.812. The Hall–Kier alpha value is -2.51. The van der Waals surface area contributed by atoms with Crippen LogP contribution in [0.4, 0.5) is 0 Å². The van der Waals surface area contributed by atoms with E-state index in [0.29, 0.717) is 23.2 Å². The number of benzene rings is 2. The van der Waals surface area contributed by atoms with E-state index in [-0.39, 0.29) is 17.7 Å². The molecule has 28 heavy (non-hydrogen) atoms. The molecule has 0 aliphatic carbocycles. The standard InChI is InChI=1S/C20H20ClN3O3S/c1-3-17(28-16-10-6-14(21)7-11-16)20(25)22-12-18-23-19(24-27-18)13-4-8-15(26-2)9-5-13/h4-11,17H,3,12H2,1-2H3,(H,22,25)/t17-/m0/s1. The Morgan fingerprint density at radius 2 is 1.93 bits per heavy atom. The number of nitrogens with one attached hydrogen (secondary N) is 1. The van der Waals surface area contributed by atoms with Crippen LogP contribution in [0.15, 0.2) is 57.9 Å². The van der Waals surface area contributed by atoms with Gasteiger partial charge < -0.3 is 14.6 Å². The number of halogens is 1. The highest BCUT2D eigenvalue weighted by molar-refractivity contribution is 8.00. The Balaban J connectivity index is 1.57. The average molecular weight is 418 g/mol. The fraction of sp³-hybridized carbons (Fsp3) is 0.250. The van der Waals surface area contributed by atoms with Crippen LogP contribution in [-0.2, 0) is 11.3 Å². The van der Waals surface area contributed by atoms with Gasteiger partial charge >= 0.3 is 0 Å². The molecule has 3 aromatic rings. The Labute approximate surface area is 172 Å². The minimum absolute atomic E-state index is 0.0772. The van der Waals surface area contributed by atoms with Crippen molar-refractivity contribution in [2.45, 2.75) is 30.0 Å². The molecule has 0 unspecified atom stereocenters. The maximum atomic E-state index is 12.5. The highest BCUT2D eigenvalue weighted by Gasteiger charge is 2.19. The molecule has 0 spiro atoms. The minimum atomic E-state index is -0.217. The number of hydrogen-bond acceptors (Lipinski definition) is 6. The van der Waals surface area contributed by atoms with Crippen molar-refractivity contribution in [3.63, 3.8) is 0 Å². The summed E-state index contributed by atoms with van der Waals surface area (Å²) in [6.45, 7) is 2.15. The molecule has 0 aliphatic heterocycles. The molecule has 1 atom stereocenters. The first-order valence-corrected chi connectivity index (χ1v) is 10.0. The highest BCUT2D eigenvalue weighted by atomic mass is 35.5. The summed E-state index contributed by atoms with van der Waals surface area (Å²) in [7, 11) is 1.61. The number of aromatic nitrogens is 2. The zero-order chi connectivity index (χ0) is 19.9. The Bertz CT molecular complexity index is 913. The van der Waals surface area contributed by atoms with Crippen molar-refractivity contribution < 1.29 is 14.1 Å². The molecule has 1 N–H and O–H groups in total. The third kappa shape index (κ3) is 5.27. The van der Waals surface area contributed by atoms with Crippen LogP contribution in [0.2, 0.25) is 5.02 Å². The lowest BCUT2D eigenvalue weighted by atomic mass is 10.2. The average Bonchev–Trinajstić information content (AvgIpc) is 3.20. The minimum Gasteiger partial charge on any atom is -0.497 e. The zero-order valence-corrected chi connectivity index (χ0v) is 17.1. The van der Waals surface area contributed by atoms with Gasteiger partial charge in [0.25, 0.3) is 0 Å². The van der Waals surface area contributed by atoms with Gasteiger partial charge in [0.05, 0.1) is 18.9 Å². The van der Waals surface area contributed by atoms with Gasteiger partial charge in [0.2, 0.25) is 17.6 Å². The largest absolute Gasteiger partial charge is 0.497 e. The van der Waals surface area contributed by atoms with E-state index in [4.69, 9.17) is 20.9 Å². The summed E-state index contributed by atoms with van der Waals surface area (Å²) in [5, 5.41) is 7.28. The monoisotopic (exact) mass is 417 g/mol. The Kier molecular flexibility index (Phi) is 6.95. The van der Waals surface area contributed by atoms with Gasteiger partial charge in [-0.15, -0.1) is 11.8 Å². The van der Waals surface area contributed by atoms with Crippen LogP contribution in [0, 0.1) is 0 Å². The van der Waals surface area contributed by atoms with E-state index in [9.17, 15) is 4.79 Å². The summed E-state index contributed by atoms with van der Waals surface area (Å²) in [6.07, 6.45) is 0.695. The molecular weight excluding hydrogens is 398 g/mol. The number of thioether (sulfide) groups is 1. The number of ether oxygens (including phenoxy) is 1. The van der Waals surface area contributed by atoms with Gasteiger partial charge in [0.15, 0.2) is 0 Å². The lowest BCUT2D eigenvalue weighted by Crippen LogP contribution is -2.31. The molecule has 8 heteroatoms. The second-order valence-corrected chi connectivity index (χ2v) is 7.64. The van der Waals surface area contributed by atoms with Gasteiger partial charge in [-0.05, 0) is 55.0 Å². The van der Waals surface area contributed by atoms with Gasteiger partial charge in [-0.2, -0.15) is 4.98 Å². The smallest absolute Gasteiger partial charge is 0.246 e. The van der Waals surface area contributed by atoms with E-state index >= 15 is 0 Å². The number of amides is 1. The van der Waals surface area contributed by atoms with E-state index in [0.717, 1.165) is 16.2 Å². The van der Waals surface area contributed by atoms with Crippen molar-refractivity contribution in [2.75, 3.05) is 7.11 Å². The predicted octanol–water partition coefficient (Wildman–Crippen LogP) is 4.59. The Morgan fingerprint density at radius 3 is 2.57 bits per heavy atom. The number of hydrogen-bond donors (Lipinski definition) is 1. The second-order valence-electron chi connectivity index (χ2n) is 5.93. The van der Waals surface area contributed by atoms with Crippen LogP contribution in [-0.4, -0.2) is 28.4 Å². The molecule has 146 valence electrons. The van der Waals surface area contributed by atoms with Crippen molar-refractivity contribution in [1.29, 1.82) is 0 Å². The fourth-order valence-electron chi connectivity index (χ4n) is 2.46. The third-order valence-electron chi connectivity index (χ3n) is 3.99. The highest BCUT2D eigenvalue weighted by Crippen LogP contribution is 2.27. The van der Waals surface area contributed by atoms with Gasteiger partial charge in [-0.25, -0.2) is 0 Å². The van der Waals surface area contributed by atoms with Crippen molar-refractivity contribution in [2.24, 2.45) is 0 Å². The molecular formula is C20H20ClN3O3S. The summed E-state index contributed by atoms with van der Waals surface area (Å²) in [4.78, 5) is 17.8. The van der Waals surface area contributed by atoms with Crippen molar-refractivity contribution >= 4 is 29.3 Å². The molecule has 0 bridgehead atoms. The van der Waals surface area contributed by atoms with E-state index in [2.05, 4.69) is 15.5 Å². The van der Waals surface area contributed by atoms with E-state index in [1.807, 2.05) is 55.5 Å². The molecule has 0 saturated heterocycles. The van der Waals surface area contributed by atoms with Gasteiger partial charge in [-0.3, -0.25) is 4.79 Å². The van der Waals surface area contributed by atoms with Crippen molar-refractivity contribution in [3.8, 4) is 17.1 Å². The quantitative estimate of drug-likeness (QED) is 0.540. The van der Waals surface area contributed by atoms with Crippen LogP contribution in [0.3, 0.4) is 0 Å². The molecule has 0 aliphatic rings. The van der Waals surface area contributed by atoms with Gasteiger partial charge in [-0.1, -0.05) is 23.7 Å². The van der Waals surface area contributed by atoms with Crippen molar-refractivity contribution in [1.82, 2.24) is 15.5 Å². The first-order chi connectivity index (χ1) is 13.6. The SMILES string of the molecule is CC[C@H](Sc1ccc(Cl)cc1)C(=O)NCc1nc(-c2ccc(OC)cc2)no1. The maximum absolute atomic E-state index is 12.5. The number of methoxy groups -OCH3 is 1. The first kappa shape index (κ1) is 20.2. The number of nitrogens with zero attached hydrogens (tertiary/aromatic N) is 2. The summed E-state index contributed by atoms with van der Waals surface area (Å²) >= 11 is 7.40. The van der Waals surface area contributed by atoms with Crippen LogP contribution in [0.25, 0.3) is 11.4 Å². The van der Waals surface area contributed by atoms with Crippen LogP contribution < -0.4 is 10.1 Å². The summed E-state index contributed by atoms with van der Waals surface area (Å²) < 4.78 is 10.4. The normalized spacial score (nSPS) is 11.8. The van der Waals surface area contributed by atoms with Crippen LogP contribution in [0.1, 0.15) is 19.2 Å². The Morgan fingerprint density at radius 1 is 1.21 bits per heavy atom. The van der Waals surface area contributed by atoms with Gasteiger partial charge in [0, 0.05) is 15.5 Å². The topological polar surface area (TPSA) is 77.2 Å². The number of carbonyl (C=O) groups is 1. The fourth-order valence-corrected chi connectivity index (χ4v) is 3.57. The first-order valence-electron chi connectivity index (χ1n) is 8.76. The molecule has 0 saturated carbocycles.